The average molecular weight is 265 g/mol. The summed E-state index contributed by atoms with van der Waals surface area (Å²) >= 11 is 0. The molecule has 1 aromatic carbocycles. The normalized spacial score (nSPS) is 9.74. The Morgan fingerprint density at radius 1 is 1.21 bits per heavy atom. The van der Waals surface area contributed by atoms with Gasteiger partial charge in [-0.2, -0.15) is 0 Å². The number of nitrogens with zero attached hydrogens (tertiary/aromatic N) is 1. The first-order chi connectivity index (χ1) is 9.00. The number of hydrogen-bond donors (Lipinski definition) is 2. The third-order valence-electron chi connectivity index (χ3n) is 2.36. The fourth-order valence-electron chi connectivity index (χ4n) is 1.51. The maximum Gasteiger partial charge on any atom is 0.273 e. The van der Waals surface area contributed by atoms with Gasteiger partial charge in [-0.1, -0.05) is 18.2 Å². The molecule has 7 nitrogen and oxygen atoms in total. The fraction of sp³-hybridized carbons (Fsp3) is 0.333. The Kier molecular flexibility index (Phi) is 5.46. The number of amides is 2. The Balaban J connectivity index is 2.48. The van der Waals surface area contributed by atoms with E-state index in [1.165, 1.54) is 13.0 Å². The van der Waals surface area contributed by atoms with Crippen molar-refractivity contribution in [3.8, 4) is 0 Å². The summed E-state index contributed by atoms with van der Waals surface area (Å²) in [5.74, 6) is -0.493. The van der Waals surface area contributed by atoms with Gasteiger partial charge in [-0.3, -0.25) is 19.7 Å². The van der Waals surface area contributed by atoms with E-state index < -0.39 is 4.92 Å². The molecule has 102 valence electrons. The molecule has 1 rings (SSSR count). The van der Waals surface area contributed by atoms with Crippen LogP contribution in [0.3, 0.4) is 0 Å². The van der Waals surface area contributed by atoms with Crippen molar-refractivity contribution in [2.45, 2.75) is 13.3 Å². The van der Waals surface area contributed by atoms with Crippen LogP contribution in [0.5, 0.6) is 0 Å². The average Bonchev–Trinajstić information content (AvgIpc) is 2.35. The van der Waals surface area contributed by atoms with E-state index in [9.17, 15) is 19.7 Å². The third kappa shape index (κ3) is 5.15. The fourth-order valence-corrected chi connectivity index (χ4v) is 1.51. The van der Waals surface area contributed by atoms with Crippen LogP contribution in [0.4, 0.5) is 5.69 Å². The molecule has 0 heterocycles. The van der Waals surface area contributed by atoms with Gasteiger partial charge in [0.25, 0.3) is 5.69 Å². The molecule has 0 unspecified atom stereocenters. The van der Waals surface area contributed by atoms with Gasteiger partial charge in [-0.15, -0.1) is 0 Å². The van der Waals surface area contributed by atoms with Crippen molar-refractivity contribution in [3.63, 3.8) is 0 Å². The second kappa shape index (κ2) is 7.10. The lowest BCUT2D eigenvalue weighted by molar-refractivity contribution is -0.385. The minimum Gasteiger partial charge on any atom is -0.355 e. The number of rotatable bonds is 6. The van der Waals surface area contributed by atoms with Crippen molar-refractivity contribution in [2.24, 2.45) is 0 Å². The Morgan fingerprint density at radius 3 is 2.47 bits per heavy atom. The number of benzene rings is 1. The monoisotopic (exact) mass is 265 g/mol. The van der Waals surface area contributed by atoms with E-state index in [0.717, 1.165) is 0 Å². The molecule has 7 heteroatoms. The molecule has 19 heavy (non-hydrogen) atoms. The highest BCUT2D eigenvalue weighted by molar-refractivity contribution is 5.79. The quantitative estimate of drug-likeness (QED) is 0.441. The van der Waals surface area contributed by atoms with Crippen molar-refractivity contribution >= 4 is 17.5 Å². The van der Waals surface area contributed by atoms with Gasteiger partial charge < -0.3 is 10.6 Å². The van der Waals surface area contributed by atoms with Crippen molar-refractivity contribution < 1.29 is 14.5 Å². The summed E-state index contributed by atoms with van der Waals surface area (Å²) in [7, 11) is 0. The zero-order valence-corrected chi connectivity index (χ0v) is 10.5. The molecule has 0 atom stereocenters. The molecule has 0 aromatic heterocycles. The van der Waals surface area contributed by atoms with E-state index in [1.807, 2.05) is 0 Å². The summed E-state index contributed by atoms with van der Waals surface area (Å²) in [6, 6.07) is 6.11. The Morgan fingerprint density at radius 2 is 1.84 bits per heavy atom. The van der Waals surface area contributed by atoms with Crippen LogP contribution in [0.25, 0.3) is 0 Å². The molecule has 0 spiro atoms. The number of nitrogens with one attached hydrogen (secondary N) is 2. The van der Waals surface area contributed by atoms with Crippen LogP contribution in [-0.4, -0.2) is 29.8 Å². The van der Waals surface area contributed by atoms with Crippen LogP contribution in [0.2, 0.25) is 0 Å². The van der Waals surface area contributed by atoms with Crippen molar-refractivity contribution in [3.05, 3.63) is 39.9 Å². The molecule has 0 aliphatic heterocycles. The second-order valence-corrected chi connectivity index (χ2v) is 3.90. The van der Waals surface area contributed by atoms with E-state index in [-0.39, 0.29) is 23.9 Å². The van der Waals surface area contributed by atoms with Gasteiger partial charge in [0.15, 0.2) is 0 Å². The van der Waals surface area contributed by atoms with Gasteiger partial charge in [0, 0.05) is 31.6 Å². The van der Waals surface area contributed by atoms with Crippen LogP contribution >= 0.6 is 0 Å². The highest BCUT2D eigenvalue weighted by Crippen LogP contribution is 2.17. The first-order valence-electron chi connectivity index (χ1n) is 5.74. The van der Waals surface area contributed by atoms with Crippen LogP contribution in [-0.2, 0) is 16.0 Å². The SMILES string of the molecule is CC(=O)NCCNC(=O)Cc1ccccc1[N+](=O)[O-]. The molecule has 0 aliphatic rings. The van der Waals surface area contributed by atoms with Gasteiger partial charge in [0.2, 0.25) is 11.8 Å². The van der Waals surface area contributed by atoms with Crippen LogP contribution < -0.4 is 10.6 Å². The van der Waals surface area contributed by atoms with Gasteiger partial charge in [0.1, 0.15) is 0 Å². The summed E-state index contributed by atoms with van der Waals surface area (Å²) in [4.78, 5) is 32.4. The molecular weight excluding hydrogens is 250 g/mol. The number of carbonyl (C=O) groups is 2. The van der Waals surface area contributed by atoms with E-state index in [2.05, 4.69) is 10.6 Å². The minimum absolute atomic E-state index is 0.0583. The van der Waals surface area contributed by atoms with Gasteiger partial charge in [-0.05, 0) is 0 Å². The predicted molar refractivity (Wildman–Crippen MR) is 68.5 cm³/mol. The lowest BCUT2D eigenvalue weighted by Crippen LogP contribution is -2.34. The molecular formula is C12H15N3O4. The minimum atomic E-state index is -0.514. The highest BCUT2D eigenvalue weighted by Gasteiger charge is 2.14. The zero-order chi connectivity index (χ0) is 14.3. The van der Waals surface area contributed by atoms with Crippen molar-refractivity contribution in [1.82, 2.24) is 10.6 Å². The number of nitro benzene ring substituents is 1. The summed E-state index contributed by atoms with van der Waals surface area (Å²) in [5.41, 5.74) is 0.295. The van der Waals surface area contributed by atoms with Gasteiger partial charge >= 0.3 is 0 Å². The smallest absolute Gasteiger partial charge is 0.273 e. The van der Waals surface area contributed by atoms with E-state index in [1.54, 1.807) is 18.2 Å². The summed E-state index contributed by atoms with van der Waals surface area (Å²) in [6.07, 6.45) is -0.0583. The summed E-state index contributed by atoms with van der Waals surface area (Å²) in [6.45, 7) is 2.01. The Labute approximate surface area is 110 Å². The largest absolute Gasteiger partial charge is 0.355 e. The maximum atomic E-state index is 11.6. The molecule has 0 radical (unpaired) electrons. The first kappa shape index (κ1) is 14.6. The first-order valence-corrected chi connectivity index (χ1v) is 5.74. The second-order valence-electron chi connectivity index (χ2n) is 3.90. The summed E-state index contributed by atoms with van der Waals surface area (Å²) < 4.78 is 0. The Bertz CT molecular complexity index is 488. The molecule has 2 N–H and O–H groups in total. The topological polar surface area (TPSA) is 101 Å². The summed E-state index contributed by atoms with van der Waals surface area (Å²) in [5, 5.41) is 15.9. The molecule has 0 bridgehead atoms. The molecule has 2 amide bonds. The molecule has 1 aromatic rings. The maximum absolute atomic E-state index is 11.6. The van der Waals surface area contributed by atoms with E-state index >= 15 is 0 Å². The number of carbonyl (C=O) groups excluding carboxylic acids is 2. The predicted octanol–water partition coefficient (Wildman–Crippen LogP) is 0.390. The molecule has 0 saturated heterocycles. The zero-order valence-electron chi connectivity index (χ0n) is 10.5. The number of nitro groups is 1. The van der Waals surface area contributed by atoms with Crippen LogP contribution in [0.1, 0.15) is 12.5 Å². The van der Waals surface area contributed by atoms with Gasteiger partial charge in [-0.25, -0.2) is 0 Å². The molecule has 0 saturated carbocycles. The van der Waals surface area contributed by atoms with E-state index in [4.69, 9.17) is 0 Å². The van der Waals surface area contributed by atoms with Crippen molar-refractivity contribution in [2.75, 3.05) is 13.1 Å². The van der Waals surface area contributed by atoms with E-state index in [0.29, 0.717) is 18.7 Å². The van der Waals surface area contributed by atoms with Crippen LogP contribution in [0, 0.1) is 10.1 Å². The number of hydrogen-bond acceptors (Lipinski definition) is 4. The molecule has 0 fully saturated rings. The highest BCUT2D eigenvalue weighted by atomic mass is 16.6. The lowest BCUT2D eigenvalue weighted by atomic mass is 10.1. The van der Waals surface area contributed by atoms with Gasteiger partial charge in [0.05, 0.1) is 11.3 Å². The third-order valence-corrected chi connectivity index (χ3v) is 2.36. The standard InChI is InChI=1S/C12H15N3O4/c1-9(16)13-6-7-14-12(17)8-10-4-2-3-5-11(10)15(18)19/h2-5H,6-8H2,1H3,(H,13,16)(H,14,17). The lowest BCUT2D eigenvalue weighted by Gasteiger charge is -2.06. The molecule has 0 aliphatic carbocycles. The van der Waals surface area contributed by atoms with Crippen LogP contribution in [0.15, 0.2) is 24.3 Å². The van der Waals surface area contributed by atoms with Crippen molar-refractivity contribution in [1.29, 1.82) is 0 Å². The Hall–Kier alpha value is -2.44. The number of para-hydroxylation sites is 1.